The monoisotopic (exact) mass is 384 g/mol. The normalized spacial score (nSPS) is 12.5. The molecule has 0 saturated carbocycles. The highest BCUT2D eigenvalue weighted by molar-refractivity contribution is 7.90. The molecule has 1 aromatic heterocycles. The molecule has 0 aliphatic carbocycles. The van der Waals surface area contributed by atoms with E-state index in [9.17, 15) is 17.6 Å². The third kappa shape index (κ3) is 3.90. The van der Waals surface area contributed by atoms with E-state index in [1.165, 1.54) is 18.2 Å². The molecule has 0 N–H and O–H groups in total. The Morgan fingerprint density at radius 1 is 1.04 bits per heavy atom. The first-order valence-electron chi connectivity index (χ1n) is 8.12. The number of halogens is 1. The summed E-state index contributed by atoms with van der Waals surface area (Å²) in [5, 5.41) is 0. The lowest BCUT2D eigenvalue weighted by atomic mass is 9.95. The molecule has 0 saturated heterocycles. The maximum absolute atomic E-state index is 14.1. The van der Waals surface area contributed by atoms with Gasteiger partial charge in [0.2, 0.25) is 0 Å². The van der Waals surface area contributed by atoms with Crippen molar-refractivity contribution in [3.05, 3.63) is 89.5 Å². The minimum atomic E-state index is -3.35. The highest BCUT2D eigenvalue weighted by Gasteiger charge is 2.19. The molecular weight excluding hydrogens is 367 g/mol. The van der Waals surface area contributed by atoms with E-state index in [1.807, 2.05) is 6.07 Å². The number of allylic oxidation sites excluding steroid dienone is 1. The molecule has 138 valence electrons. The van der Waals surface area contributed by atoms with E-state index in [1.54, 1.807) is 36.4 Å². The molecule has 0 bridgehead atoms. The van der Waals surface area contributed by atoms with Gasteiger partial charge in [-0.3, -0.25) is 0 Å². The van der Waals surface area contributed by atoms with Crippen molar-refractivity contribution in [2.75, 3.05) is 6.26 Å². The van der Waals surface area contributed by atoms with Crippen molar-refractivity contribution in [2.24, 2.45) is 0 Å². The lowest BCUT2D eigenvalue weighted by molar-refractivity contribution is 0.325. The van der Waals surface area contributed by atoms with E-state index < -0.39 is 21.6 Å². The fourth-order valence-corrected chi connectivity index (χ4v) is 3.38. The van der Waals surface area contributed by atoms with Gasteiger partial charge in [-0.05, 0) is 29.3 Å². The van der Waals surface area contributed by atoms with E-state index in [0.717, 1.165) is 12.3 Å². The number of alkyl halides is 1. The average molecular weight is 384 g/mol. The van der Waals surface area contributed by atoms with Gasteiger partial charge in [-0.15, -0.1) is 0 Å². The van der Waals surface area contributed by atoms with Gasteiger partial charge in [0, 0.05) is 11.8 Å². The molecule has 0 fully saturated rings. The van der Waals surface area contributed by atoms with Crippen molar-refractivity contribution in [1.82, 2.24) is 0 Å². The number of benzene rings is 2. The van der Waals surface area contributed by atoms with Gasteiger partial charge in [-0.2, -0.15) is 0 Å². The molecule has 1 heterocycles. The Bertz CT molecular complexity index is 1130. The summed E-state index contributed by atoms with van der Waals surface area (Å²) in [7, 11) is -3.35. The van der Waals surface area contributed by atoms with Crippen LogP contribution in [0.3, 0.4) is 0 Å². The minimum absolute atomic E-state index is 0.156. The Kier molecular flexibility index (Phi) is 5.10. The summed E-state index contributed by atoms with van der Waals surface area (Å²) in [6.45, 7) is 3.38. The molecule has 0 aliphatic rings. The number of rotatable bonds is 5. The minimum Gasteiger partial charge on any atom is -0.424 e. The van der Waals surface area contributed by atoms with Crippen LogP contribution in [-0.2, 0) is 9.84 Å². The van der Waals surface area contributed by atoms with Crippen LogP contribution in [0.1, 0.15) is 11.9 Å². The van der Waals surface area contributed by atoms with E-state index in [0.29, 0.717) is 16.7 Å². The van der Waals surface area contributed by atoms with E-state index in [-0.39, 0.29) is 16.2 Å². The van der Waals surface area contributed by atoms with Crippen molar-refractivity contribution in [1.29, 1.82) is 0 Å². The third-order valence-electron chi connectivity index (χ3n) is 4.11. The fraction of sp³-hybridized carbons (Fsp3) is 0.0952. The van der Waals surface area contributed by atoms with Crippen molar-refractivity contribution < 1.29 is 17.2 Å². The van der Waals surface area contributed by atoms with Crippen LogP contribution in [0.15, 0.2) is 87.4 Å². The van der Waals surface area contributed by atoms with E-state index >= 15 is 0 Å². The van der Waals surface area contributed by atoms with Crippen LogP contribution in [0.4, 0.5) is 4.39 Å². The number of hydrogen-bond acceptors (Lipinski definition) is 4. The van der Waals surface area contributed by atoms with Gasteiger partial charge < -0.3 is 4.42 Å². The molecule has 0 spiro atoms. The van der Waals surface area contributed by atoms with E-state index in [2.05, 4.69) is 6.58 Å². The molecule has 3 aromatic rings. The zero-order valence-corrected chi connectivity index (χ0v) is 15.4. The molecule has 0 aliphatic heterocycles. The first kappa shape index (κ1) is 18.8. The van der Waals surface area contributed by atoms with Gasteiger partial charge >= 0.3 is 5.63 Å². The molecule has 1 atom stereocenters. The van der Waals surface area contributed by atoms with Crippen LogP contribution in [0.25, 0.3) is 22.3 Å². The Morgan fingerprint density at radius 3 is 2.22 bits per heavy atom. The molecule has 6 heteroatoms. The largest absolute Gasteiger partial charge is 0.424 e. The van der Waals surface area contributed by atoms with Crippen molar-refractivity contribution in [3.8, 4) is 22.3 Å². The lowest BCUT2D eigenvalue weighted by Gasteiger charge is -2.12. The van der Waals surface area contributed by atoms with Crippen molar-refractivity contribution in [3.63, 3.8) is 0 Å². The summed E-state index contributed by atoms with van der Waals surface area (Å²) in [4.78, 5) is 12.8. The van der Waals surface area contributed by atoms with Gasteiger partial charge in [0.05, 0.1) is 10.5 Å². The standard InChI is InChI=1S/C21H17FO4S/c1-3-18(22)19-13-17(14-9-11-16(12-10-14)27(2,24)25)20(21(23)26-19)15-7-5-4-6-8-15/h3-13,18H,1H2,2H3. The first-order chi connectivity index (χ1) is 12.8. The summed E-state index contributed by atoms with van der Waals surface area (Å²) >= 11 is 0. The predicted octanol–water partition coefficient (Wildman–Crippen LogP) is 4.57. The average Bonchev–Trinajstić information content (AvgIpc) is 2.66. The number of hydrogen-bond donors (Lipinski definition) is 0. The summed E-state index contributed by atoms with van der Waals surface area (Å²) in [5.74, 6) is -0.156. The van der Waals surface area contributed by atoms with Gasteiger partial charge in [-0.25, -0.2) is 17.6 Å². The molecular formula is C21H17FO4S. The summed E-state index contributed by atoms with van der Waals surface area (Å²) in [6, 6.07) is 16.4. The maximum atomic E-state index is 14.1. The van der Waals surface area contributed by atoms with Crippen LogP contribution in [0.5, 0.6) is 0 Å². The van der Waals surface area contributed by atoms with Gasteiger partial charge in [0.1, 0.15) is 5.76 Å². The maximum Gasteiger partial charge on any atom is 0.344 e. The third-order valence-corrected chi connectivity index (χ3v) is 5.23. The quantitative estimate of drug-likeness (QED) is 0.604. The topological polar surface area (TPSA) is 64.3 Å². The Balaban J connectivity index is 2.27. The SMILES string of the molecule is C=CC(F)c1cc(-c2ccc(S(C)(=O)=O)cc2)c(-c2ccccc2)c(=O)o1. The van der Waals surface area contributed by atoms with Crippen LogP contribution in [0, 0.1) is 0 Å². The zero-order valence-electron chi connectivity index (χ0n) is 14.6. The smallest absolute Gasteiger partial charge is 0.344 e. The fourth-order valence-electron chi connectivity index (χ4n) is 2.75. The molecule has 2 aromatic carbocycles. The summed E-state index contributed by atoms with van der Waals surface area (Å²) in [6.07, 6.45) is 0.526. The van der Waals surface area contributed by atoms with Crippen LogP contribution in [0.2, 0.25) is 0 Å². The zero-order chi connectivity index (χ0) is 19.6. The summed E-state index contributed by atoms with van der Waals surface area (Å²) < 4.78 is 42.6. The van der Waals surface area contributed by atoms with Gasteiger partial charge in [0.25, 0.3) is 0 Å². The molecule has 27 heavy (non-hydrogen) atoms. The Morgan fingerprint density at radius 2 is 1.67 bits per heavy atom. The molecule has 3 rings (SSSR count). The highest BCUT2D eigenvalue weighted by Crippen LogP contribution is 2.33. The molecule has 0 radical (unpaired) electrons. The van der Waals surface area contributed by atoms with Gasteiger partial charge in [0.15, 0.2) is 16.0 Å². The molecule has 4 nitrogen and oxygen atoms in total. The van der Waals surface area contributed by atoms with Crippen LogP contribution >= 0.6 is 0 Å². The van der Waals surface area contributed by atoms with E-state index in [4.69, 9.17) is 4.42 Å². The second kappa shape index (κ2) is 7.32. The van der Waals surface area contributed by atoms with Crippen LogP contribution < -0.4 is 5.63 Å². The molecule has 0 amide bonds. The summed E-state index contributed by atoms with van der Waals surface area (Å²) in [5.41, 5.74) is 1.26. The second-order valence-corrected chi connectivity index (χ2v) is 8.04. The first-order valence-corrected chi connectivity index (χ1v) is 10.0. The Hall–Kier alpha value is -2.99. The predicted molar refractivity (Wildman–Crippen MR) is 103 cm³/mol. The lowest BCUT2D eigenvalue weighted by Crippen LogP contribution is -2.08. The molecule has 1 unspecified atom stereocenters. The van der Waals surface area contributed by atoms with Crippen LogP contribution in [-0.4, -0.2) is 14.7 Å². The second-order valence-electron chi connectivity index (χ2n) is 6.02. The van der Waals surface area contributed by atoms with Crippen molar-refractivity contribution >= 4 is 9.84 Å². The van der Waals surface area contributed by atoms with Crippen molar-refractivity contribution in [2.45, 2.75) is 11.1 Å². The number of sulfone groups is 1. The van der Waals surface area contributed by atoms with Gasteiger partial charge in [-0.1, -0.05) is 55.1 Å². The Labute approximate surface area is 156 Å². The highest BCUT2D eigenvalue weighted by atomic mass is 32.2.